The van der Waals surface area contributed by atoms with E-state index in [1.54, 1.807) is 12.4 Å². The van der Waals surface area contributed by atoms with Crippen LogP contribution in [0.15, 0.2) is 73.1 Å². The average Bonchev–Trinajstić information content (AvgIpc) is 3.30. The van der Waals surface area contributed by atoms with E-state index in [1.165, 1.54) is 5.56 Å². The highest BCUT2D eigenvalue weighted by atomic mass is 35.5. The number of rotatable bonds is 4. The third-order valence-corrected chi connectivity index (χ3v) is 5.70. The van der Waals surface area contributed by atoms with Gasteiger partial charge in [-0.15, -0.1) is 0 Å². The smallest absolute Gasteiger partial charge is 0.273 e. The third-order valence-electron chi connectivity index (χ3n) is 5.45. The molecule has 30 heavy (non-hydrogen) atoms. The van der Waals surface area contributed by atoms with Gasteiger partial charge < -0.3 is 4.90 Å². The van der Waals surface area contributed by atoms with Crippen molar-refractivity contribution in [3.63, 3.8) is 0 Å². The van der Waals surface area contributed by atoms with Crippen molar-refractivity contribution in [2.75, 3.05) is 0 Å². The molecule has 1 atom stereocenters. The van der Waals surface area contributed by atoms with Crippen LogP contribution in [-0.2, 0) is 6.54 Å². The number of aryl methyl sites for hydroxylation is 1. The van der Waals surface area contributed by atoms with Gasteiger partial charge in [-0.1, -0.05) is 59.6 Å². The minimum atomic E-state index is -0.238. The van der Waals surface area contributed by atoms with Gasteiger partial charge in [-0.2, -0.15) is 5.10 Å². The summed E-state index contributed by atoms with van der Waals surface area (Å²) in [6, 6.07) is 19.5. The number of hydrogen-bond acceptors (Lipinski definition) is 3. The summed E-state index contributed by atoms with van der Waals surface area (Å²) < 4.78 is 0. The molecule has 5 rings (SSSR count). The van der Waals surface area contributed by atoms with Crippen LogP contribution in [0.2, 0.25) is 5.02 Å². The third kappa shape index (κ3) is 3.17. The first-order valence-electron chi connectivity index (χ1n) is 9.72. The molecule has 1 unspecified atom stereocenters. The highest BCUT2D eigenvalue weighted by Crippen LogP contribution is 2.43. The standard InChI is InChI=1S/C24H19ClN4O/c1-15-4-6-18(7-5-15)23-20-21(17-8-10-19(25)11-9-17)27-28-22(20)24(30)29(23)14-16-3-2-12-26-13-16/h2-13,23H,14H2,1H3,(H,27,28). The lowest BCUT2D eigenvalue weighted by Crippen LogP contribution is -2.29. The maximum atomic E-state index is 13.4. The molecule has 1 amide bonds. The molecule has 0 aliphatic carbocycles. The van der Waals surface area contributed by atoms with Gasteiger partial charge in [0.2, 0.25) is 0 Å². The number of fused-ring (bicyclic) bond motifs is 1. The number of hydrogen-bond donors (Lipinski definition) is 1. The van der Waals surface area contributed by atoms with Gasteiger partial charge in [0, 0.05) is 35.1 Å². The predicted molar refractivity (Wildman–Crippen MR) is 116 cm³/mol. The lowest BCUT2D eigenvalue weighted by Gasteiger charge is -2.26. The van der Waals surface area contributed by atoms with E-state index in [-0.39, 0.29) is 11.9 Å². The molecule has 0 spiro atoms. The molecule has 2 aromatic carbocycles. The van der Waals surface area contributed by atoms with Crippen LogP contribution < -0.4 is 0 Å². The van der Waals surface area contributed by atoms with Gasteiger partial charge in [-0.05, 0) is 36.2 Å². The first-order chi connectivity index (χ1) is 14.6. The summed E-state index contributed by atoms with van der Waals surface area (Å²) in [5.74, 6) is -0.0628. The van der Waals surface area contributed by atoms with E-state index in [9.17, 15) is 4.79 Å². The molecule has 1 N–H and O–H groups in total. The molecule has 148 valence electrons. The Morgan fingerprint density at radius 2 is 1.83 bits per heavy atom. The van der Waals surface area contributed by atoms with E-state index >= 15 is 0 Å². The predicted octanol–water partition coefficient (Wildman–Crippen LogP) is 5.18. The van der Waals surface area contributed by atoms with Crippen LogP contribution in [0.1, 0.15) is 38.8 Å². The summed E-state index contributed by atoms with van der Waals surface area (Å²) in [5.41, 5.74) is 6.33. The van der Waals surface area contributed by atoms with Gasteiger partial charge in [0.1, 0.15) is 5.69 Å². The fraction of sp³-hybridized carbons (Fsp3) is 0.125. The number of pyridine rings is 1. The lowest BCUT2D eigenvalue weighted by molar-refractivity contribution is 0.0730. The summed E-state index contributed by atoms with van der Waals surface area (Å²) in [6.45, 7) is 2.52. The van der Waals surface area contributed by atoms with Crippen molar-refractivity contribution in [3.8, 4) is 11.3 Å². The van der Waals surface area contributed by atoms with Crippen LogP contribution in [0, 0.1) is 6.92 Å². The minimum absolute atomic E-state index is 0.0628. The van der Waals surface area contributed by atoms with Crippen molar-refractivity contribution < 1.29 is 4.79 Å². The van der Waals surface area contributed by atoms with Crippen molar-refractivity contribution in [2.24, 2.45) is 0 Å². The first kappa shape index (κ1) is 18.6. The van der Waals surface area contributed by atoms with E-state index in [0.717, 1.165) is 27.9 Å². The molecule has 4 aromatic rings. The zero-order valence-electron chi connectivity index (χ0n) is 16.3. The molecule has 0 bridgehead atoms. The largest absolute Gasteiger partial charge is 0.322 e. The highest BCUT2D eigenvalue weighted by molar-refractivity contribution is 6.30. The highest BCUT2D eigenvalue weighted by Gasteiger charge is 2.42. The van der Waals surface area contributed by atoms with Gasteiger partial charge in [-0.25, -0.2) is 0 Å². The minimum Gasteiger partial charge on any atom is -0.322 e. The summed E-state index contributed by atoms with van der Waals surface area (Å²) in [5, 5.41) is 8.14. The van der Waals surface area contributed by atoms with Gasteiger partial charge in [0.15, 0.2) is 0 Å². The molecule has 0 saturated heterocycles. The quantitative estimate of drug-likeness (QED) is 0.500. The number of halogens is 1. The molecule has 3 heterocycles. The molecular weight excluding hydrogens is 396 g/mol. The summed E-state index contributed by atoms with van der Waals surface area (Å²) >= 11 is 6.07. The zero-order valence-corrected chi connectivity index (χ0v) is 17.1. The second-order valence-corrected chi connectivity index (χ2v) is 7.91. The number of H-pyrrole nitrogens is 1. The normalized spacial score (nSPS) is 15.5. The van der Waals surface area contributed by atoms with Gasteiger partial charge in [0.05, 0.1) is 11.7 Å². The number of nitrogens with one attached hydrogen (secondary N) is 1. The van der Waals surface area contributed by atoms with E-state index in [2.05, 4.69) is 46.4 Å². The maximum Gasteiger partial charge on any atom is 0.273 e. The number of nitrogens with zero attached hydrogens (tertiary/aromatic N) is 3. The number of aromatic nitrogens is 3. The summed E-state index contributed by atoms with van der Waals surface area (Å²) in [7, 11) is 0. The van der Waals surface area contributed by atoms with Gasteiger partial charge >= 0.3 is 0 Å². The zero-order chi connectivity index (χ0) is 20.7. The Labute approximate surface area is 179 Å². The van der Waals surface area contributed by atoms with E-state index in [0.29, 0.717) is 17.3 Å². The monoisotopic (exact) mass is 414 g/mol. The SMILES string of the molecule is Cc1ccc(C2c3c(-c4ccc(Cl)cc4)n[nH]c3C(=O)N2Cc2cccnc2)cc1. The van der Waals surface area contributed by atoms with Crippen LogP contribution in [0.25, 0.3) is 11.3 Å². The van der Waals surface area contributed by atoms with Crippen LogP contribution >= 0.6 is 11.6 Å². The van der Waals surface area contributed by atoms with E-state index < -0.39 is 0 Å². The fourth-order valence-electron chi connectivity index (χ4n) is 3.97. The molecule has 0 fully saturated rings. The fourth-order valence-corrected chi connectivity index (χ4v) is 4.10. The second kappa shape index (κ2) is 7.43. The summed E-state index contributed by atoms with van der Waals surface area (Å²) in [6.07, 6.45) is 3.53. The van der Waals surface area contributed by atoms with Crippen LogP contribution in [0.4, 0.5) is 0 Å². The molecule has 5 nitrogen and oxygen atoms in total. The Bertz CT molecular complexity index is 1200. The Hall–Kier alpha value is -3.44. The van der Waals surface area contributed by atoms with Crippen LogP contribution in [0.5, 0.6) is 0 Å². The number of amides is 1. The molecule has 1 aliphatic heterocycles. The molecule has 2 aromatic heterocycles. The Kier molecular flexibility index (Phi) is 4.60. The van der Waals surface area contributed by atoms with Crippen LogP contribution in [-0.4, -0.2) is 26.0 Å². The first-order valence-corrected chi connectivity index (χ1v) is 10.1. The average molecular weight is 415 g/mol. The number of carbonyl (C=O) groups excluding carboxylic acids is 1. The summed E-state index contributed by atoms with van der Waals surface area (Å²) in [4.78, 5) is 19.4. The van der Waals surface area contributed by atoms with Gasteiger partial charge in [-0.3, -0.25) is 14.9 Å². The molecule has 0 radical (unpaired) electrons. The Morgan fingerprint density at radius 3 is 2.53 bits per heavy atom. The van der Waals surface area contributed by atoms with Crippen LogP contribution in [0.3, 0.4) is 0 Å². The molecule has 0 saturated carbocycles. The van der Waals surface area contributed by atoms with Crippen molar-refractivity contribution in [2.45, 2.75) is 19.5 Å². The lowest BCUT2D eigenvalue weighted by atomic mass is 9.95. The maximum absolute atomic E-state index is 13.4. The number of aromatic amines is 1. The van der Waals surface area contributed by atoms with Crippen molar-refractivity contribution in [1.29, 1.82) is 0 Å². The molecule has 1 aliphatic rings. The molecular formula is C24H19ClN4O. The van der Waals surface area contributed by atoms with E-state index in [4.69, 9.17) is 11.6 Å². The second-order valence-electron chi connectivity index (χ2n) is 7.48. The number of carbonyl (C=O) groups is 1. The topological polar surface area (TPSA) is 61.9 Å². The van der Waals surface area contributed by atoms with E-state index in [1.807, 2.05) is 41.3 Å². The number of benzene rings is 2. The Balaban J connectivity index is 1.64. The van der Waals surface area contributed by atoms with Crippen molar-refractivity contribution in [1.82, 2.24) is 20.1 Å². The van der Waals surface area contributed by atoms with Gasteiger partial charge in [0.25, 0.3) is 5.91 Å². The molecule has 6 heteroatoms. The van der Waals surface area contributed by atoms with Crippen molar-refractivity contribution >= 4 is 17.5 Å². The Morgan fingerprint density at radius 1 is 1.07 bits per heavy atom. The van der Waals surface area contributed by atoms with Crippen molar-refractivity contribution in [3.05, 3.63) is 106 Å².